The quantitative estimate of drug-likeness (QED) is 0.185. The number of pyridine rings is 2. The fourth-order valence-electron chi connectivity index (χ4n) is 8.15. The SMILES string of the molecule is CC1C=Cc2c(n(-c3ccc(-c4ccc(-n5c6ccccc6c6ccncc65)cc4-c4ccccc4)c(-c4ccccc4)c3)c3cnccc23)C1. The molecule has 242 valence electrons. The molecule has 4 heterocycles. The van der Waals surface area contributed by atoms with Crippen molar-refractivity contribution in [2.24, 2.45) is 5.92 Å². The van der Waals surface area contributed by atoms with Gasteiger partial charge in [0.25, 0.3) is 0 Å². The summed E-state index contributed by atoms with van der Waals surface area (Å²) in [6, 6.07) is 48.4. The van der Waals surface area contributed by atoms with Crippen molar-refractivity contribution in [1.29, 1.82) is 0 Å². The van der Waals surface area contributed by atoms with Crippen LogP contribution in [-0.4, -0.2) is 19.1 Å². The molecule has 10 rings (SSSR count). The van der Waals surface area contributed by atoms with E-state index < -0.39 is 0 Å². The Labute approximate surface area is 296 Å². The van der Waals surface area contributed by atoms with Crippen LogP contribution in [-0.2, 0) is 6.42 Å². The Morgan fingerprint density at radius 2 is 1.06 bits per heavy atom. The molecular weight excluding hydrogens is 621 g/mol. The molecule has 0 spiro atoms. The molecule has 4 heteroatoms. The van der Waals surface area contributed by atoms with E-state index in [1.165, 1.54) is 66.3 Å². The van der Waals surface area contributed by atoms with Crippen LogP contribution in [0.25, 0.3) is 83.5 Å². The zero-order valence-corrected chi connectivity index (χ0v) is 28.2. The number of para-hydroxylation sites is 1. The molecule has 1 unspecified atom stereocenters. The number of fused-ring (bicyclic) bond motifs is 6. The third-order valence-electron chi connectivity index (χ3n) is 10.5. The van der Waals surface area contributed by atoms with E-state index in [9.17, 15) is 0 Å². The first-order chi connectivity index (χ1) is 25.2. The summed E-state index contributed by atoms with van der Waals surface area (Å²) in [5.41, 5.74) is 15.4. The van der Waals surface area contributed by atoms with Crippen LogP contribution in [0.4, 0.5) is 0 Å². The third-order valence-corrected chi connectivity index (χ3v) is 10.5. The average Bonchev–Trinajstić information content (AvgIpc) is 3.71. The van der Waals surface area contributed by atoms with Crippen molar-refractivity contribution in [3.05, 3.63) is 176 Å². The summed E-state index contributed by atoms with van der Waals surface area (Å²) < 4.78 is 4.78. The van der Waals surface area contributed by atoms with Crippen molar-refractivity contribution < 1.29 is 0 Å². The van der Waals surface area contributed by atoms with Crippen molar-refractivity contribution in [2.75, 3.05) is 0 Å². The zero-order chi connectivity index (χ0) is 33.9. The number of allylic oxidation sites excluding steroid dienone is 1. The molecule has 0 amide bonds. The minimum atomic E-state index is 0.471. The van der Waals surface area contributed by atoms with E-state index in [0.717, 1.165) is 28.8 Å². The molecular formula is C47H34N4. The highest BCUT2D eigenvalue weighted by molar-refractivity contribution is 6.09. The Balaban J connectivity index is 1.22. The van der Waals surface area contributed by atoms with Gasteiger partial charge in [0, 0.05) is 51.2 Å². The van der Waals surface area contributed by atoms with E-state index in [0.29, 0.717) is 5.92 Å². The van der Waals surface area contributed by atoms with E-state index in [2.05, 4.69) is 172 Å². The number of aromatic nitrogens is 4. The van der Waals surface area contributed by atoms with Gasteiger partial charge >= 0.3 is 0 Å². The lowest BCUT2D eigenvalue weighted by molar-refractivity contribution is 0.690. The van der Waals surface area contributed by atoms with Gasteiger partial charge in [0.15, 0.2) is 0 Å². The summed E-state index contributed by atoms with van der Waals surface area (Å²) in [6.07, 6.45) is 13.4. The van der Waals surface area contributed by atoms with Gasteiger partial charge in [0.05, 0.1) is 28.9 Å². The second-order valence-electron chi connectivity index (χ2n) is 13.6. The van der Waals surface area contributed by atoms with Gasteiger partial charge in [-0.1, -0.05) is 110 Å². The van der Waals surface area contributed by atoms with E-state index in [-0.39, 0.29) is 0 Å². The van der Waals surface area contributed by atoms with Gasteiger partial charge in [0.1, 0.15) is 0 Å². The molecule has 9 aromatic rings. The van der Waals surface area contributed by atoms with E-state index >= 15 is 0 Å². The second kappa shape index (κ2) is 11.8. The van der Waals surface area contributed by atoms with Crippen LogP contribution < -0.4 is 0 Å². The van der Waals surface area contributed by atoms with Gasteiger partial charge in [-0.05, 0) is 88.2 Å². The van der Waals surface area contributed by atoms with Crippen LogP contribution in [0.15, 0.2) is 164 Å². The standard InChI is InChI=1S/C47H34N4/c1-31-16-19-39-41-23-25-49-30-47(41)51(45(39)26-31)35-18-21-37(43(28-35)33-12-6-3-7-13-33)36-20-17-34(27-42(36)32-10-4-2-5-11-32)50-44-15-9-8-14-38(44)40-22-24-48-29-46(40)50/h2-25,27-31H,26H2,1H3. The Bertz CT molecular complexity index is 2730. The predicted molar refractivity (Wildman–Crippen MR) is 211 cm³/mol. The molecule has 0 bridgehead atoms. The molecule has 0 fully saturated rings. The van der Waals surface area contributed by atoms with Gasteiger partial charge in [-0.25, -0.2) is 0 Å². The maximum atomic E-state index is 4.57. The molecule has 4 nitrogen and oxygen atoms in total. The highest BCUT2D eigenvalue weighted by atomic mass is 15.0. The van der Waals surface area contributed by atoms with Gasteiger partial charge < -0.3 is 9.13 Å². The van der Waals surface area contributed by atoms with E-state index in [1.54, 1.807) is 0 Å². The van der Waals surface area contributed by atoms with Crippen molar-refractivity contribution in [3.63, 3.8) is 0 Å². The van der Waals surface area contributed by atoms with Crippen LogP contribution in [0.5, 0.6) is 0 Å². The molecule has 0 radical (unpaired) electrons. The maximum Gasteiger partial charge on any atom is 0.0724 e. The van der Waals surface area contributed by atoms with Gasteiger partial charge in [-0.2, -0.15) is 0 Å². The molecule has 4 aromatic heterocycles. The molecule has 5 aromatic carbocycles. The molecule has 0 saturated heterocycles. The minimum absolute atomic E-state index is 0.471. The molecule has 0 aliphatic heterocycles. The Morgan fingerprint density at radius 3 is 1.73 bits per heavy atom. The summed E-state index contributed by atoms with van der Waals surface area (Å²) in [6.45, 7) is 2.29. The van der Waals surface area contributed by atoms with Crippen LogP contribution >= 0.6 is 0 Å². The van der Waals surface area contributed by atoms with Gasteiger partial charge in [-0.3, -0.25) is 9.97 Å². The van der Waals surface area contributed by atoms with Crippen LogP contribution in [0.3, 0.4) is 0 Å². The van der Waals surface area contributed by atoms with Crippen molar-refractivity contribution >= 4 is 38.8 Å². The van der Waals surface area contributed by atoms with E-state index in [1.807, 2.05) is 24.8 Å². The van der Waals surface area contributed by atoms with Crippen molar-refractivity contribution in [1.82, 2.24) is 19.1 Å². The number of hydrogen-bond acceptors (Lipinski definition) is 2. The average molecular weight is 655 g/mol. The third kappa shape index (κ3) is 4.75. The molecule has 1 aliphatic rings. The van der Waals surface area contributed by atoms with Crippen molar-refractivity contribution in [3.8, 4) is 44.8 Å². The van der Waals surface area contributed by atoms with Crippen LogP contribution in [0.2, 0.25) is 0 Å². The van der Waals surface area contributed by atoms with Crippen LogP contribution in [0, 0.1) is 5.92 Å². The summed E-state index contributed by atoms with van der Waals surface area (Å²) in [5, 5.41) is 3.67. The molecule has 51 heavy (non-hydrogen) atoms. The molecule has 0 N–H and O–H groups in total. The maximum absolute atomic E-state index is 4.57. The van der Waals surface area contributed by atoms with Gasteiger partial charge in [0.2, 0.25) is 0 Å². The lowest BCUT2D eigenvalue weighted by atomic mass is 9.88. The normalized spacial score (nSPS) is 14.0. The summed E-state index contributed by atoms with van der Waals surface area (Å²) in [4.78, 5) is 9.10. The highest BCUT2D eigenvalue weighted by Gasteiger charge is 2.23. The molecule has 1 atom stereocenters. The topological polar surface area (TPSA) is 35.6 Å². The first-order valence-electron chi connectivity index (χ1n) is 17.6. The Morgan fingerprint density at radius 1 is 0.510 bits per heavy atom. The minimum Gasteiger partial charge on any atom is -0.311 e. The lowest BCUT2D eigenvalue weighted by Crippen LogP contribution is -2.08. The lowest BCUT2D eigenvalue weighted by Gasteiger charge is -2.20. The number of benzene rings is 5. The summed E-state index contributed by atoms with van der Waals surface area (Å²) >= 11 is 0. The summed E-state index contributed by atoms with van der Waals surface area (Å²) in [7, 11) is 0. The summed E-state index contributed by atoms with van der Waals surface area (Å²) in [5.74, 6) is 0.471. The highest BCUT2D eigenvalue weighted by Crippen LogP contribution is 2.43. The predicted octanol–water partition coefficient (Wildman–Crippen LogP) is 11.7. The fourth-order valence-corrected chi connectivity index (χ4v) is 8.15. The zero-order valence-electron chi connectivity index (χ0n) is 28.2. The smallest absolute Gasteiger partial charge is 0.0724 e. The first kappa shape index (κ1) is 29.4. The number of rotatable bonds is 5. The Kier molecular flexibility index (Phi) is 6.81. The number of hydrogen-bond donors (Lipinski definition) is 0. The monoisotopic (exact) mass is 654 g/mol. The van der Waals surface area contributed by atoms with E-state index in [4.69, 9.17) is 0 Å². The molecule has 0 saturated carbocycles. The second-order valence-corrected chi connectivity index (χ2v) is 13.6. The van der Waals surface area contributed by atoms with Crippen LogP contribution in [0.1, 0.15) is 18.2 Å². The largest absolute Gasteiger partial charge is 0.311 e. The van der Waals surface area contributed by atoms with Gasteiger partial charge in [-0.15, -0.1) is 0 Å². The number of nitrogens with zero attached hydrogens (tertiary/aromatic N) is 4. The Hall–Kier alpha value is -6.52. The first-order valence-corrected chi connectivity index (χ1v) is 17.6. The van der Waals surface area contributed by atoms with Crippen molar-refractivity contribution in [2.45, 2.75) is 13.3 Å². The fraction of sp³-hybridized carbons (Fsp3) is 0.0638. The molecule has 1 aliphatic carbocycles.